The summed E-state index contributed by atoms with van der Waals surface area (Å²) in [6.07, 6.45) is 4.08. The van der Waals surface area contributed by atoms with Crippen LogP contribution in [0.4, 0.5) is 16.3 Å². The third-order valence-electron chi connectivity index (χ3n) is 6.56. The molecule has 1 aromatic carbocycles. The van der Waals surface area contributed by atoms with Crippen molar-refractivity contribution < 1.29 is 14.4 Å². The van der Waals surface area contributed by atoms with Crippen molar-refractivity contribution in [2.24, 2.45) is 13.0 Å². The van der Waals surface area contributed by atoms with Crippen molar-refractivity contribution in [2.45, 2.75) is 38.8 Å². The fourth-order valence-electron chi connectivity index (χ4n) is 4.64. The summed E-state index contributed by atoms with van der Waals surface area (Å²) in [4.78, 5) is 47.0. The first-order valence-corrected chi connectivity index (χ1v) is 12.3. The molecule has 11 heteroatoms. The molecule has 4 amide bonds. The number of hydrogen-bond acceptors (Lipinski definition) is 6. The van der Waals surface area contributed by atoms with Gasteiger partial charge in [0.25, 0.3) is 5.91 Å². The van der Waals surface area contributed by atoms with E-state index in [1.807, 2.05) is 32.0 Å². The summed E-state index contributed by atoms with van der Waals surface area (Å²) in [7, 11) is 3.35. The standard InChI is InChI=1S/C26H30ClN7O3/c1-5-21(17-6-8-18(27)9-7-17)31-26(37)34-23(25(36)33(4)19-13-29-32(3)14-19)20(24(34)35)11-16-10-15(2)30-22(28)12-16/h6-10,12-14,20-21,23H,5,11H2,1-4H3,(H2,28,30)(H,31,37)/t20-,21-,23+/m1/s1. The lowest BCUT2D eigenvalue weighted by atomic mass is 9.81. The van der Waals surface area contributed by atoms with Gasteiger partial charge in [-0.2, -0.15) is 5.10 Å². The number of urea groups is 1. The van der Waals surface area contributed by atoms with E-state index in [1.165, 1.54) is 4.90 Å². The number of imide groups is 1. The highest BCUT2D eigenvalue weighted by Gasteiger charge is 2.55. The van der Waals surface area contributed by atoms with Crippen molar-refractivity contribution in [2.75, 3.05) is 17.7 Å². The number of rotatable bonds is 7. The lowest BCUT2D eigenvalue weighted by Gasteiger charge is -2.46. The van der Waals surface area contributed by atoms with Crippen LogP contribution in [0.5, 0.6) is 0 Å². The average Bonchev–Trinajstić information content (AvgIpc) is 3.29. The second kappa shape index (κ2) is 10.6. The highest BCUT2D eigenvalue weighted by atomic mass is 35.5. The summed E-state index contributed by atoms with van der Waals surface area (Å²) in [5, 5.41) is 7.62. The summed E-state index contributed by atoms with van der Waals surface area (Å²) in [6.45, 7) is 3.73. The lowest BCUT2D eigenvalue weighted by molar-refractivity contribution is -0.156. The van der Waals surface area contributed by atoms with Gasteiger partial charge in [-0.05, 0) is 55.2 Å². The Bertz CT molecular complexity index is 1300. The van der Waals surface area contributed by atoms with Crippen molar-refractivity contribution in [1.82, 2.24) is 25.0 Å². The number of pyridine rings is 1. The molecule has 2 aromatic heterocycles. The molecule has 1 aliphatic heterocycles. The molecular weight excluding hydrogens is 494 g/mol. The first-order valence-electron chi connectivity index (χ1n) is 12.0. The molecule has 4 rings (SSSR count). The Morgan fingerprint density at radius 1 is 1.24 bits per heavy atom. The van der Waals surface area contributed by atoms with Crippen LogP contribution in [-0.2, 0) is 23.1 Å². The third-order valence-corrected chi connectivity index (χ3v) is 6.81. The van der Waals surface area contributed by atoms with Gasteiger partial charge in [-0.1, -0.05) is 30.7 Å². The maximum Gasteiger partial charge on any atom is 0.325 e. The lowest BCUT2D eigenvalue weighted by Crippen LogP contribution is -2.70. The fourth-order valence-corrected chi connectivity index (χ4v) is 4.76. The number of aromatic nitrogens is 3. The molecule has 0 aliphatic carbocycles. The third kappa shape index (κ3) is 5.43. The summed E-state index contributed by atoms with van der Waals surface area (Å²) in [5.41, 5.74) is 8.79. The fraction of sp³-hybridized carbons (Fsp3) is 0.346. The van der Waals surface area contributed by atoms with Gasteiger partial charge in [0.15, 0.2) is 0 Å². The number of aryl methyl sites for hydroxylation is 2. The van der Waals surface area contributed by atoms with Crippen molar-refractivity contribution in [3.63, 3.8) is 0 Å². The van der Waals surface area contributed by atoms with Gasteiger partial charge in [0.2, 0.25) is 5.91 Å². The number of likely N-dealkylation sites (tertiary alicyclic amines) is 1. The number of nitrogens with two attached hydrogens (primary N) is 1. The minimum absolute atomic E-state index is 0.252. The smallest absolute Gasteiger partial charge is 0.325 e. The van der Waals surface area contributed by atoms with Gasteiger partial charge in [-0.25, -0.2) is 9.78 Å². The van der Waals surface area contributed by atoms with E-state index in [1.54, 1.807) is 49.4 Å². The Kier molecular flexibility index (Phi) is 7.49. The number of likely N-dealkylation sites (N-methyl/N-ethyl adjacent to an activating group) is 1. The number of carbonyl (C=O) groups is 3. The number of anilines is 2. The largest absolute Gasteiger partial charge is 0.384 e. The van der Waals surface area contributed by atoms with Crippen LogP contribution in [0.25, 0.3) is 0 Å². The number of nitrogens with zero attached hydrogens (tertiary/aromatic N) is 5. The van der Waals surface area contributed by atoms with Crippen LogP contribution < -0.4 is 16.0 Å². The zero-order chi connectivity index (χ0) is 26.9. The second-order valence-electron chi connectivity index (χ2n) is 9.24. The molecule has 0 saturated carbocycles. The molecule has 1 saturated heterocycles. The van der Waals surface area contributed by atoms with E-state index in [2.05, 4.69) is 15.4 Å². The first kappa shape index (κ1) is 26.2. The van der Waals surface area contributed by atoms with E-state index in [-0.39, 0.29) is 18.4 Å². The number of halogens is 1. The SMILES string of the molecule is CC[C@@H](NC(=O)N1C(=O)[C@H](Cc2cc(C)nc(N)c2)[C@H]1C(=O)N(C)c1cnn(C)c1)c1ccc(Cl)cc1. The van der Waals surface area contributed by atoms with Crippen molar-refractivity contribution in [1.29, 1.82) is 0 Å². The van der Waals surface area contributed by atoms with Crippen LogP contribution in [0, 0.1) is 12.8 Å². The minimum Gasteiger partial charge on any atom is -0.384 e. The maximum atomic E-state index is 13.7. The highest BCUT2D eigenvalue weighted by Crippen LogP contribution is 2.33. The zero-order valence-electron chi connectivity index (χ0n) is 21.2. The van der Waals surface area contributed by atoms with Crippen molar-refractivity contribution in [3.8, 4) is 0 Å². The molecule has 0 spiro atoms. The predicted molar refractivity (Wildman–Crippen MR) is 141 cm³/mol. The van der Waals surface area contributed by atoms with E-state index < -0.39 is 23.9 Å². The van der Waals surface area contributed by atoms with E-state index in [4.69, 9.17) is 17.3 Å². The molecule has 194 valence electrons. The molecule has 1 aliphatic rings. The van der Waals surface area contributed by atoms with Gasteiger partial charge >= 0.3 is 6.03 Å². The van der Waals surface area contributed by atoms with Gasteiger partial charge in [0.1, 0.15) is 11.9 Å². The molecule has 1 fully saturated rings. The van der Waals surface area contributed by atoms with E-state index in [0.717, 1.165) is 16.0 Å². The molecule has 3 aromatic rings. The number of amides is 4. The van der Waals surface area contributed by atoms with Gasteiger partial charge in [-0.15, -0.1) is 0 Å². The Labute approximate surface area is 220 Å². The molecule has 3 N–H and O–H groups in total. The molecular formula is C26H30ClN7O3. The average molecular weight is 524 g/mol. The molecule has 37 heavy (non-hydrogen) atoms. The van der Waals surface area contributed by atoms with Gasteiger partial charge in [-0.3, -0.25) is 19.2 Å². The number of hydrogen-bond donors (Lipinski definition) is 2. The quantitative estimate of drug-likeness (QED) is 0.458. The molecule has 3 heterocycles. The first-order chi connectivity index (χ1) is 17.6. The van der Waals surface area contributed by atoms with Gasteiger partial charge in [0.05, 0.1) is 23.8 Å². The monoisotopic (exact) mass is 523 g/mol. The number of β-lactam (4-membered cyclic amide) rings is 1. The van der Waals surface area contributed by atoms with Crippen molar-refractivity contribution >= 4 is 41.0 Å². The Morgan fingerprint density at radius 2 is 1.95 bits per heavy atom. The summed E-state index contributed by atoms with van der Waals surface area (Å²) in [5.74, 6) is -1.20. The topological polar surface area (TPSA) is 126 Å². The number of benzene rings is 1. The molecule has 0 radical (unpaired) electrons. The Hall–Kier alpha value is -3.92. The summed E-state index contributed by atoms with van der Waals surface area (Å²) >= 11 is 6.00. The predicted octanol–water partition coefficient (Wildman–Crippen LogP) is 3.25. The van der Waals surface area contributed by atoms with Crippen LogP contribution >= 0.6 is 11.6 Å². The van der Waals surface area contributed by atoms with E-state index in [0.29, 0.717) is 28.6 Å². The van der Waals surface area contributed by atoms with Gasteiger partial charge in [0, 0.05) is 31.0 Å². The highest BCUT2D eigenvalue weighted by molar-refractivity contribution is 6.30. The van der Waals surface area contributed by atoms with Crippen LogP contribution in [0.1, 0.15) is 36.2 Å². The van der Waals surface area contributed by atoms with Crippen LogP contribution in [-0.4, -0.2) is 50.6 Å². The van der Waals surface area contributed by atoms with Crippen LogP contribution in [0.3, 0.4) is 0 Å². The normalized spacial score (nSPS) is 17.8. The Balaban J connectivity index is 1.60. The van der Waals surface area contributed by atoms with E-state index >= 15 is 0 Å². The van der Waals surface area contributed by atoms with Crippen LogP contribution in [0.15, 0.2) is 48.8 Å². The Morgan fingerprint density at radius 3 is 2.54 bits per heavy atom. The minimum atomic E-state index is -0.991. The van der Waals surface area contributed by atoms with Crippen LogP contribution in [0.2, 0.25) is 5.02 Å². The molecule has 0 unspecified atom stereocenters. The molecule has 3 atom stereocenters. The zero-order valence-corrected chi connectivity index (χ0v) is 21.9. The van der Waals surface area contributed by atoms with Crippen molar-refractivity contribution in [3.05, 3.63) is 70.6 Å². The molecule has 0 bridgehead atoms. The number of carbonyl (C=O) groups excluding carboxylic acids is 3. The number of nitrogens with one attached hydrogen (secondary N) is 1. The summed E-state index contributed by atoms with van der Waals surface area (Å²) < 4.78 is 1.58. The second-order valence-corrected chi connectivity index (χ2v) is 9.67. The number of nitrogen functional groups attached to an aromatic ring is 1. The molecule has 10 nitrogen and oxygen atoms in total. The summed E-state index contributed by atoms with van der Waals surface area (Å²) in [6, 6.07) is 8.68. The maximum absolute atomic E-state index is 13.7. The van der Waals surface area contributed by atoms with E-state index in [9.17, 15) is 14.4 Å². The van der Waals surface area contributed by atoms with Gasteiger partial charge < -0.3 is 16.0 Å².